The third-order valence-corrected chi connectivity index (χ3v) is 4.25. The zero-order valence-electron chi connectivity index (χ0n) is 12.9. The lowest BCUT2D eigenvalue weighted by molar-refractivity contribution is -0.139. The molecule has 1 saturated carbocycles. The first-order chi connectivity index (χ1) is 9.59. The largest absolute Gasteiger partial charge is 0.390 e. The van der Waals surface area contributed by atoms with Gasteiger partial charge in [0.1, 0.15) is 12.2 Å². The minimum absolute atomic E-state index is 0.258. The quantitative estimate of drug-likeness (QED) is 0.870. The van der Waals surface area contributed by atoms with Crippen molar-refractivity contribution in [2.45, 2.75) is 77.0 Å². The Labute approximate surface area is 121 Å². The van der Waals surface area contributed by atoms with E-state index in [0.29, 0.717) is 13.0 Å². The monoisotopic (exact) mass is 281 g/mol. The third-order valence-electron chi connectivity index (χ3n) is 4.25. The molecule has 0 spiro atoms. The van der Waals surface area contributed by atoms with Crippen molar-refractivity contribution in [3.05, 3.63) is 12.2 Å². The normalized spacial score (nSPS) is 20.2. The lowest BCUT2D eigenvalue weighted by Gasteiger charge is -2.40. The van der Waals surface area contributed by atoms with Crippen molar-refractivity contribution in [2.75, 3.05) is 6.61 Å². The predicted molar refractivity (Wildman–Crippen MR) is 77.6 cm³/mol. The van der Waals surface area contributed by atoms with E-state index in [1.165, 1.54) is 6.42 Å². The number of rotatable bonds is 6. The van der Waals surface area contributed by atoms with Crippen LogP contribution in [0.4, 0.5) is 0 Å². The molecule has 1 aromatic heterocycles. The molecule has 0 aliphatic heterocycles. The van der Waals surface area contributed by atoms with E-state index in [9.17, 15) is 5.11 Å². The van der Waals surface area contributed by atoms with Gasteiger partial charge in [0.05, 0.1) is 11.7 Å². The molecule has 114 valence electrons. The summed E-state index contributed by atoms with van der Waals surface area (Å²) in [6.45, 7) is 6.79. The molecule has 0 amide bonds. The van der Waals surface area contributed by atoms with Gasteiger partial charge in [-0.15, -0.1) is 0 Å². The zero-order valence-corrected chi connectivity index (χ0v) is 12.9. The van der Waals surface area contributed by atoms with E-state index in [0.717, 1.165) is 31.5 Å². The average molecular weight is 281 g/mol. The van der Waals surface area contributed by atoms with Crippen LogP contribution in [0.5, 0.6) is 0 Å². The maximum atomic E-state index is 10.7. The molecule has 0 saturated heterocycles. The Morgan fingerprint density at radius 1 is 1.35 bits per heavy atom. The van der Waals surface area contributed by atoms with Crippen LogP contribution >= 0.6 is 0 Å². The summed E-state index contributed by atoms with van der Waals surface area (Å²) in [7, 11) is 0. The molecule has 1 unspecified atom stereocenters. The number of ether oxygens (including phenoxy) is 1. The highest BCUT2D eigenvalue weighted by Crippen LogP contribution is 2.35. The van der Waals surface area contributed by atoms with Gasteiger partial charge in [0, 0.05) is 19.1 Å². The van der Waals surface area contributed by atoms with Crippen molar-refractivity contribution in [2.24, 2.45) is 0 Å². The molecule has 5 heteroatoms. The summed E-state index contributed by atoms with van der Waals surface area (Å²) < 4.78 is 7.85. The van der Waals surface area contributed by atoms with E-state index < -0.39 is 6.10 Å². The van der Waals surface area contributed by atoms with Crippen LogP contribution in [0.2, 0.25) is 0 Å². The fourth-order valence-corrected chi connectivity index (χ4v) is 3.22. The van der Waals surface area contributed by atoms with Gasteiger partial charge < -0.3 is 9.84 Å². The van der Waals surface area contributed by atoms with Gasteiger partial charge in [-0.05, 0) is 33.6 Å². The van der Waals surface area contributed by atoms with E-state index in [-0.39, 0.29) is 11.6 Å². The van der Waals surface area contributed by atoms with Crippen molar-refractivity contribution < 1.29 is 9.84 Å². The number of aromatic nitrogens is 3. The Morgan fingerprint density at radius 3 is 2.65 bits per heavy atom. The summed E-state index contributed by atoms with van der Waals surface area (Å²) in [6.07, 6.45) is 6.96. The summed E-state index contributed by atoms with van der Waals surface area (Å²) in [6, 6.07) is 0.258. The first-order valence-corrected chi connectivity index (χ1v) is 7.79. The van der Waals surface area contributed by atoms with Crippen LogP contribution in [0.25, 0.3) is 0 Å². The minimum Gasteiger partial charge on any atom is -0.390 e. The van der Waals surface area contributed by atoms with Crippen LogP contribution < -0.4 is 0 Å². The van der Waals surface area contributed by atoms with Gasteiger partial charge in [-0.1, -0.05) is 19.3 Å². The van der Waals surface area contributed by atoms with Crippen LogP contribution in [0.1, 0.15) is 64.7 Å². The number of hydrogen-bond acceptors (Lipinski definition) is 4. The maximum Gasteiger partial charge on any atom is 0.138 e. The van der Waals surface area contributed by atoms with Gasteiger partial charge in [-0.3, -0.25) is 0 Å². The van der Waals surface area contributed by atoms with Crippen molar-refractivity contribution in [3.8, 4) is 0 Å². The lowest BCUT2D eigenvalue weighted by atomic mass is 9.79. The van der Waals surface area contributed by atoms with Crippen molar-refractivity contribution in [1.82, 2.24) is 14.8 Å². The number of aliphatic hydroxyl groups excluding tert-OH is 1. The van der Waals surface area contributed by atoms with E-state index in [2.05, 4.69) is 23.9 Å². The first-order valence-electron chi connectivity index (χ1n) is 7.79. The van der Waals surface area contributed by atoms with Crippen LogP contribution in [0.15, 0.2) is 6.33 Å². The maximum absolute atomic E-state index is 10.7. The highest BCUT2D eigenvalue weighted by molar-refractivity contribution is 4.98. The molecule has 1 atom stereocenters. The Hall–Kier alpha value is -0.940. The van der Waals surface area contributed by atoms with E-state index in [1.807, 2.05) is 11.6 Å². The van der Waals surface area contributed by atoms with Gasteiger partial charge in [-0.25, -0.2) is 9.67 Å². The molecule has 20 heavy (non-hydrogen) atoms. The lowest BCUT2D eigenvalue weighted by Crippen LogP contribution is -2.48. The fourth-order valence-electron chi connectivity index (χ4n) is 3.22. The number of hydrogen-bond donors (Lipinski definition) is 1. The average Bonchev–Trinajstić information content (AvgIpc) is 2.88. The summed E-state index contributed by atoms with van der Waals surface area (Å²) >= 11 is 0. The minimum atomic E-state index is -0.510. The van der Waals surface area contributed by atoms with E-state index >= 15 is 0 Å². The molecule has 1 heterocycles. The van der Waals surface area contributed by atoms with Crippen LogP contribution in [-0.4, -0.2) is 38.2 Å². The Balaban J connectivity index is 2.11. The van der Waals surface area contributed by atoms with Gasteiger partial charge >= 0.3 is 0 Å². The highest BCUT2D eigenvalue weighted by Gasteiger charge is 2.40. The second-order valence-corrected chi connectivity index (χ2v) is 5.99. The molecule has 0 bridgehead atoms. The van der Waals surface area contributed by atoms with Crippen LogP contribution in [-0.2, 0) is 11.2 Å². The Morgan fingerprint density at radius 2 is 2.05 bits per heavy atom. The summed E-state index contributed by atoms with van der Waals surface area (Å²) in [4.78, 5) is 4.30. The zero-order chi connectivity index (χ0) is 14.6. The first kappa shape index (κ1) is 15.4. The molecule has 2 rings (SSSR count). The van der Waals surface area contributed by atoms with E-state index in [4.69, 9.17) is 4.74 Å². The standard InChI is InChI=1S/C15H27N3O2/c1-4-20-15(8-6-5-7-9-15)13(19)10-14-16-11-17-18(14)12(2)3/h11-13,19H,4-10H2,1-3H3. The molecular formula is C15H27N3O2. The summed E-state index contributed by atoms with van der Waals surface area (Å²) in [5, 5.41) is 15.0. The van der Waals surface area contributed by atoms with Gasteiger partial charge in [0.25, 0.3) is 0 Å². The smallest absolute Gasteiger partial charge is 0.138 e. The summed E-state index contributed by atoms with van der Waals surface area (Å²) in [5.41, 5.74) is -0.388. The Kier molecular flexibility index (Phi) is 5.16. The number of aliphatic hydroxyl groups is 1. The Bertz CT molecular complexity index is 405. The molecule has 1 fully saturated rings. The summed E-state index contributed by atoms with van der Waals surface area (Å²) in [5.74, 6) is 0.845. The number of nitrogens with zero attached hydrogens (tertiary/aromatic N) is 3. The second kappa shape index (κ2) is 6.68. The molecular weight excluding hydrogens is 254 g/mol. The van der Waals surface area contributed by atoms with Crippen molar-refractivity contribution in [1.29, 1.82) is 0 Å². The third kappa shape index (κ3) is 3.20. The second-order valence-electron chi connectivity index (χ2n) is 5.99. The van der Waals surface area contributed by atoms with Crippen molar-refractivity contribution in [3.63, 3.8) is 0 Å². The van der Waals surface area contributed by atoms with E-state index in [1.54, 1.807) is 6.33 Å². The van der Waals surface area contributed by atoms with Crippen molar-refractivity contribution >= 4 is 0 Å². The highest BCUT2D eigenvalue weighted by atomic mass is 16.5. The molecule has 1 N–H and O–H groups in total. The van der Waals surface area contributed by atoms with Gasteiger partial charge in [0.2, 0.25) is 0 Å². The molecule has 0 aromatic carbocycles. The van der Waals surface area contributed by atoms with Crippen LogP contribution in [0.3, 0.4) is 0 Å². The SMILES string of the molecule is CCOC1(C(O)Cc2ncnn2C(C)C)CCCCC1. The predicted octanol–water partition coefficient (Wildman–Crippen LogP) is 2.50. The molecule has 1 aliphatic carbocycles. The van der Waals surface area contributed by atoms with Gasteiger partial charge in [0.15, 0.2) is 0 Å². The molecule has 5 nitrogen and oxygen atoms in total. The topological polar surface area (TPSA) is 60.2 Å². The molecule has 0 radical (unpaired) electrons. The van der Waals surface area contributed by atoms with Gasteiger partial charge in [-0.2, -0.15) is 5.10 Å². The molecule has 1 aliphatic rings. The van der Waals surface area contributed by atoms with Crippen LogP contribution in [0, 0.1) is 0 Å². The fraction of sp³-hybridized carbons (Fsp3) is 0.867. The molecule has 1 aromatic rings.